The molecule has 0 N–H and O–H groups in total. The van der Waals surface area contributed by atoms with Gasteiger partial charge in [-0.25, -0.2) is 0 Å². The molecule has 138 valence electrons. The van der Waals surface area contributed by atoms with Gasteiger partial charge in [0, 0.05) is 13.5 Å². The first kappa shape index (κ1) is 18.9. The fraction of sp³-hybridized carbons (Fsp3) is 0.364. The highest BCUT2D eigenvalue weighted by Gasteiger charge is 2.51. The van der Waals surface area contributed by atoms with E-state index < -0.39 is 8.32 Å². The van der Waals surface area contributed by atoms with Crippen LogP contribution in [0.2, 0.25) is 5.04 Å². The lowest BCUT2D eigenvalue weighted by Gasteiger charge is -2.45. The Bertz CT molecular complexity index is 683. The summed E-state index contributed by atoms with van der Waals surface area (Å²) in [4.78, 5) is 0. The van der Waals surface area contributed by atoms with E-state index >= 15 is 0 Å². The quantitative estimate of drug-likeness (QED) is 0.751. The van der Waals surface area contributed by atoms with Gasteiger partial charge in [0.15, 0.2) is 0 Å². The van der Waals surface area contributed by atoms with Crippen LogP contribution in [-0.4, -0.2) is 27.8 Å². The lowest BCUT2D eigenvalue weighted by molar-refractivity contribution is -0.108. The van der Waals surface area contributed by atoms with E-state index in [0.29, 0.717) is 6.42 Å². The van der Waals surface area contributed by atoms with Crippen molar-refractivity contribution in [3.8, 4) is 0 Å². The summed E-state index contributed by atoms with van der Waals surface area (Å²) in [7, 11) is -0.871. The number of hydrogen-bond acceptors (Lipinski definition) is 3. The molecular formula is C22H28O3Si. The third-order valence-corrected chi connectivity index (χ3v) is 10.0. The second-order valence-corrected chi connectivity index (χ2v) is 11.9. The van der Waals surface area contributed by atoms with E-state index in [4.69, 9.17) is 13.9 Å². The number of ether oxygens (including phenoxy) is 2. The Labute approximate surface area is 157 Å². The molecule has 0 saturated carbocycles. The van der Waals surface area contributed by atoms with E-state index in [1.807, 2.05) is 6.08 Å². The van der Waals surface area contributed by atoms with Crippen molar-refractivity contribution in [2.75, 3.05) is 7.11 Å². The van der Waals surface area contributed by atoms with Crippen LogP contribution in [0.1, 0.15) is 27.2 Å². The average molecular weight is 369 g/mol. The second kappa shape index (κ2) is 7.78. The van der Waals surface area contributed by atoms with Gasteiger partial charge >= 0.3 is 0 Å². The maximum Gasteiger partial charge on any atom is 0.261 e. The summed E-state index contributed by atoms with van der Waals surface area (Å²) in [5.41, 5.74) is 0. The van der Waals surface area contributed by atoms with E-state index in [1.54, 1.807) is 13.4 Å². The first-order chi connectivity index (χ1) is 12.5. The van der Waals surface area contributed by atoms with Crippen LogP contribution in [0.15, 0.2) is 73.0 Å². The Balaban J connectivity index is 2.12. The molecule has 1 aliphatic rings. The number of benzene rings is 2. The zero-order chi connectivity index (χ0) is 18.6. The lowest BCUT2D eigenvalue weighted by Crippen LogP contribution is -2.67. The minimum atomic E-state index is -2.54. The average Bonchev–Trinajstić information content (AvgIpc) is 2.66. The summed E-state index contributed by atoms with van der Waals surface area (Å²) in [5, 5.41) is 2.53. The summed E-state index contributed by atoms with van der Waals surface area (Å²) in [5.74, 6) is 0. The van der Waals surface area contributed by atoms with E-state index in [0.717, 1.165) is 0 Å². The SMILES string of the molecule is CO[C@H]1C[C@@H](O[Si](c2ccccc2)(c2ccccc2)C(C)(C)C)C=CO1. The third-order valence-electron chi connectivity index (χ3n) is 4.96. The highest BCUT2D eigenvalue weighted by molar-refractivity contribution is 6.99. The van der Waals surface area contributed by atoms with Gasteiger partial charge in [-0.05, 0) is 21.5 Å². The van der Waals surface area contributed by atoms with Crippen LogP contribution < -0.4 is 10.4 Å². The topological polar surface area (TPSA) is 27.7 Å². The van der Waals surface area contributed by atoms with Gasteiger partial charge in [0.05, 0.1) is 12.4 Å². The minimum absolute atomic E-state index is 0.0373. The van der Waals surface area contributed by atoms with Gasteiger partial charge in [0.2, 0.25) is 6.29 Å². The Hall–Kier alpha value is -1.88. The Morgan fingerprint density at radius 2 is 1.46 bits per heavy atom. The fourth-order valence-electron chi connectivity index (χ4n) is 3.70. The molecule has 3 rings (SSSR count). The standard InChI is InChI=1S/C22H28O3Si/c1-22(2,3)26(19-11-7-5-8-12-19,20-13-9-6-10-14-20)25-18-15-16-24-21(17-18)23-4/h5-16,18,21H,17H2,1-4H3/t18-,21+/m0/s1. The molecule has 2 aromatic rings. The molecule has 2 atom stereocenters. The van der Waals surface area contributed by atoms with E-state index in [9.17, 15) is 0 Å². The molecule has 1 aliphatic heterocycles. The second-order valence-electron chi connectivity index (χ2n) is 7.69. The smallest absolute Gasteiger partial charge is 0.261 e. The molecular weight excluding hydrogens is 340 g/mol. The van der Waals surface area contributed by atoms with Crippen molar-refractivity contribution < 1.29 is 13.9 Å². The van der Waals surface area contributed by atoms with Gasteiger partial charge in [-0.1, -0.05) is 81.4 Å². The molecule has 0 unspecified atom stereocenters. The maximum absolute atomic E-state index is 7.04. The molecule has 0 radical (unpaired) electrons. The van der Waals surface area contributed by atoms with Crippen LogP contribution in [0.25, 0.3) is 0 Å². The first-order valence-corrected chi connectivity index (χ1v) is 11.0. The molecule has 26 heavy (non-hydrogen) atoms. The first-order valence-electron chi connectivity index (χ1n) is 9.11. The van der Waals surface area contributed by atoms with Gasteiger partial charge < -0.3 is 13.9 Å². The van der Waals surface area contributed by atoms with Crippen molar-refractivity contribution in [3.63, 3.8) is 0 Å². The van der Waals surface area contributed by atoms with Crippen molar-refractivity contribution in [2.45, 2.75) is 44.6 Å². The van der Waals surface area contributed by atoms with Crippen LogP contribution in [0.3, 0.4) is 0 Å². The van der Waals surface area contributed by atoms with Gasteiger partial charge in [-0.15, -0.1) is 0 Å². The number of rotatable bonds is 5. The molecule has 0 amide bonds. The normalized spacial score (nSPS) is 20.6. The molecule has 0 aliphatic carbocycles. The molecule has 1 heterocycles. The molecule has 0 saturated heterocycles. The summed E-state index contributed by atoms with van der Waals surface area (Å²) < 4.78 is 17.9. The van der Waals surface area contributed by atoms with Crippen LogP contribution in [0, 0.1) is 0 Å². The van der Waals surface area contributed by atoms with E-state index in [1.165, 1.54) is 10.4 Å². The van der Waals surface area contributed by atoms with Gasteiger partial charge in [-0.3, -0.25) is 0 Å². The lowest BCUT2D eigenvalue weighted by atomic mass is 10.2. The molecule has 2 aromatic carbocycles. The third kappa shape index (κ3) is 3.63. The summed E-state index contributed by atoms with van der Waals surface area (Å²) in [6.45, 7) is 6.86. The van der Waals surface area contributed by atoms with E-state index in [2.05, 4.69) is 81.4 Å². The van der Waals surface area contributed by atoms with Gasteiger partial charge in [-0.2, -0.15) is 0 Å². The summed E-state index contributed by atoms with van der Waals surface area (Å²) in [6, 6.07) is 21.4. The van der Waals surface area contributed by atoms with Crippen molar-refractivity contribution >= 4 is 18.7 Å². The maximum atomic E-state index is 7.04. The van der Waals surface area contributed by atoms with E-state index in [-0.39, 0.29) is 17.4 Å². The molecule has 0 bridgehead atoms. The Kier molecular flexibility index (Phi) is 5.66. The number of hydrogen-bond donors (Lipinski definition) is 0. The minimum Gasteiger partial charge on any atom is -0.473 e. The van der Waals surface area contributed by atoms with Crippen LogP contribution in [0.5, 0.6) is 0 Å². The summed E-state index contributed by atoms with van der Waals surface area (Å²) in [6.07, 6.45) is 4.11. The largest absolute Gasteiger partial charge is 0.473 e. The van der Waals surface area contributed by atoms with Crippen molar-refractivity contribution in [1.82, 2.24) is 0 Å². The zero-order valence-electron chi connectivity index (χ0n) is 16.0. The van der Waals surface area contributed by atoms with Gasteiger partial charge in [0.25, 0.3) is 8.32 Å². The van der Waals surface area contributed by atoms with Crippen molar-refractivity contribution in [1.29, 1.82) is 0 Å². The Morgan fingerprint density at radius 1 is 0.923 bits per heavy atom. The molecule has 4 heteroatoms. The molecule has 0 spiro atoms. The molecule has 0 fully saturated rings. The van der Waals surface area contributed by atoms with Crippen LogP contribution in [-0.2, 0) is 13.9 Å². The highest BCUT2D eigenvalue weighted by Crippen LogP contribution is 2.38. The number of methoxy groups -OCH3 is 1. The predicted molar refractivity (Wildman–Crippen MR) is 108 cm³/mol. The molecule has 3 nitrogen and oxygen atoms in total. The summed E-state index contributed by atoms with van der Waals surface area (Å²) >= 11 is 0. The zero-order valence-corrected chi connectivity index (χ0v) is 17.0. The van der Waals surface area contributed by atoms with Crippen molar-refractivity contribution in [3.05, 3.63) is 73.0 Å². The van der Waals surface area contributed by atoms with Crippen LogP contribution in [0.4, 0.5) is 0 Å². The monoisotopic (exact) mass is 368 g/mol. The van der Waals surface area contributed by atoms with Gasteiger partial charge in [0.1, 0.15) is 0 Å². The Morgan fingerprint density at radius 3 is 1.92 bits per heavy atom. The molecule has 0 aromatic heterocycles. The predicted octanol–water partition coefficient (Wildman–Crippen LogP) is 3.84. The van der Waals surface area contributed by atoms with Crippen molar-refractivity contribution in [2.24, 2.45) is 0 Å². The van der Waals surface area contributed by atoms with Crippen LogP contribution >= 0.6 is 0 Å². The highest BCUT2D eigenvalue weighted by atomic mass is 28.4. The fourth-order valence-corrected chi connectivity index (χ4v) is 8.35.